The lowest BCUT2D eigenvalue weighted by molar-refractivity contribution is -0.118. The second-order valence-corrected chi connectivity index (χ2v) is 3.81. The monoisotopic (exact) mass is 202 g/mol. The fourth-order valence-electron chi connectivity index (χ4n) is 1.96. The molecular weight excluding hydrogens is 188 g/mol. The molecule has 0 unspecified atom stereocenters. The molecule has 1 aromatic rings. The van der Waals surface area contributed by atoms with Crippen molar-refractivity contribution in [1.82, 2.24) is 4.90 Å². The molecule has 1 N–H and O–H groups in total. The van der Waals surface area contributed by atoms with Gasteiger partial charge < -0.3 is 10.3 Å². The summed E-state index contributed by atoms with van der Waals surface area (Å²) in [6.45, 7) is 1.60. The van der Waals surface area contributed by atoms with E-state index in [1.54, 1.807) is 0 Å². The Kier molecular flexibility index (Phi) is 2.81. The Labute approximate surface area is 89.2 Å². The number of rotatable bonds is 2. The molecule has 0 saturated carbocycles. The molecule has 0 aromatic heterocycles. The molecule has 1 aromatic carbocycles. The van der Waals surface area contributed by atoms with E-state index in [4.69, 9.17) is 5.41 Å². The van der Waals surface area contributed by atoms with Gasteiger partial charge in [-0.15, -0.1) is 0 Å². The summed E-state index contributed by atoms with van der Waals surface area (Å²) in [6, 6.07) is 6.09. The molecule has 1 amide bonds. The summed E-state index contributed by atoms with van der Waals surface area (Å²) >= 11 is 0. The van der Waals surface area contributed by atoms with Crippen molar-refractivity contribution >= 4 is 12.6 Å². The number of benzene rings is 1. The van der Waals surface area contributed by atoms with Gasteiger partial charge in [0.15, 0.2) is 0 Å². The number of nitrogens with zero attached hydrogens (tertiary/aromatic N) is 1. The highest BCUT2D eigenvalue weighted by molar-refractivity contribution is 5.77. The first-order chi connectivity index (χ1) is 7.33. The molecule has 0 radical (unpaired) electrons. The molecule has 1 aliphatic heterocycles. The van der Waals surface area contributed by atoms with Crippen LogP contribution in [0.25, 0.3) is 0 Å². The van der Waals surface area contributed by atoms with E-state index in [0.29, 0.717) is 0 Å². The molecule has 0 atom stereocenters. The SMILES string of the molecule is N=Cc1ccc2c(c1)CCN(C=O)CC2. The molecule has 2 rings (SSSR count). The van der Waals surface area contributed by atoms with Crippen LogP contribution in [0, 0.1) is 5.41 Å². The van der Waals surface area contributed by atoms with Gasteiger partial charge in [-0.05, 0) is 35.6 Å². The molecular formula is C12H14N2O. The van der Waals surface area contributed by atoms with Crippen molar-refractivity contribution < 1.29 is 4.79 Å². The highest BCUT2D eigenvalue weighted by Crippen LogP contribution is 2.16. The van der Waals surface area contributed by atoms with E-state index in [1.165, 1.54) is 17.3 Å². The largest absolute Gasteiger partial charge is 0.345 e. The third-order valence-corrected chi connectivity index (χ3v) is 2.88. The average molecular weight is 202 g/mol. The number of fused-ring (bicyclic) bond motifs is 1. The van der Waals surface area contributed by atoms with Crippen LogP contribution in [-0.4, -0.2) is 30.6 Å². The summed E-state index contributed by atoms with van der Waals surface area (Å²) in [7, 11) is 0. The van der Waals surface area contributed by atoms with Crippen molar-refractivity contribution in [3.63, 3.8) is 0 Å². The Bertz CT molecular complexity index is 387. The number of nitrogens with one attached hydrogen (secondary N) is 1. The molecule has 3 heteroatoms. The van der Waals surface area contributed by atoms with E-state index in [-0.39, 0.29) is 0 Å². The summed E-state index contributed by atoms with van der Waals surface area (Å²) in [5, 5.41) is 7.20. The van der Waals surface area contributed by atoms with Crippen molar-refractivity contribution in [2.24, 2.45) is 0 Å². The van der Waals surface area contributed by atoms with Gasteiger partial charge >= 0.3 is 0 Å². The Morgan fingerprint density at radius 2 is 1.93 bits per heavy atom. The maximum Gasteiger partial charge on any atom is 0.209 e. The minimum Gasteiger partial charge on any atom is -0.345 e. The molecule has 0 fully saturated rings. The fraction of sp³-hybridized carbons (Fsp3) is 0.333. The standard InChI is InChI=1S/C12H14N2O/c13-8-10-1-2-11-3-5-14(9-15)6-4-12(11)7-10/h1-2,7-9,13H,3-6H2. The van der Waals surface area contributed by atoms with Crippen LogP contribution in [-0.2, 0) is 17.6 Å². The van der Waals surface area contributed by atoms with Gasteiger partial charge in [-0.1, -0.05) is 12.1 Å². The molecule has 15 heavy (non-hydrogen) atoms. The molecule has 0 bridgehead atoms. The van der Waals surface area contributed by atoms with E-state index in [2.05, 4.69) is 12.1 Å². The van der Waals surface area contributed by atoms with E-state index in [0.717, 1.165) is 37.9 Å². The van der Waals surface area contributed by atoms with Gasteiger partial charge in [-0.3, -0.25) is 4.79 Å². The van der Waals surface area contributed by atoms with Gasteiger partial charge in [0, 0.05) is 19.3 Å². The zero-order valence-electron chi connectivity index (χ0n) is 8.57. The summed E-state index contributed by atoms with van der Waals surface area (Å²) in [6.07, 6.45) is 4.11. The van der Waals surface area contributed by atoms with Gasteiger partial charge in [-0.2, -0.15) is 0 Å². The van der Waals surface area contributed by atoms with Gasteiger partial charge in [0.1, 0.15) is 0 Å². The molecule has 3 nitrogen and oxygen atoms in total. The Hall–Kier alpha value is -1.64. The number of carbonyl (C=O) groups is 1. The first kappa shape index (κ1) is 9.90. The Balaban J connectivity index is 2.27. The molecule has 1 aliphatic rings. The normalized spacial score (nSPS) is 15.3. The first-order valence-electron chi connectivity index (χ1n) is 5.15. The topological polar surface area (TPSA) is 44.2 Å². The highest BCUT2D eigenvalue weighted by Gasteiger charge is 2.12. The van der Waals surface area contributed by atoms with Crippen molar-refractivity contribution in [3.05, 3.63) is 34.9 Å². The van der Waals surface area contributed by atoms with Crippen LogP contribution in [0.2, 0.25) is 0 Å². The lowest BCUT2D eigenvalue weighted by atomic mass is 10.0. The number of carbonyl (C=O) groups excluding carboxylic acids is 1. The minimum atomic E-state index is 0.790. The van der Waals surface area contributed by atoms with Crippen LogP contribution >= 0.6 is 0 Å². The Morgan fingerprint density at radius 1 is 1.20 bits per heavy atom. The number of amides is 1. The van der Waals surface area contributed by atoms with Crippen molar-refractivity contribution in [3.8, 4) is 0 Å². The van der Waals surface area contributed by atoms with Crippen LogP contribution in [0.5, 0.6) is 0 Å². The zero-order valence-corrected chi connectivity index (χ0v) is 8.57. The lowest BCUT2D eigenvalue weighted by Crippen LogP contribution is -2.24. The molecule has 0 spiro atoms. The van der Waals surface area contributed by atoms with Crippen LogP contribution in [0.1, 0.15) is 16.7 Å². The van der Waals surface area contributed by atoms with Crippen molar-refractivity contribution in [2.45, 2.75) is 12.8 Å². The molecule has 0 aliphatic carbocycles. The van der Waals surface area contributed by atoms with Crippen LogP contribution in [0.15, 0.2) is 18.2 Å². The third kappa shape index (κ3) is 2.06. The number of hydrogen-bond donors (Lipinski definition) is 1. The average Bonchev–Trinajstić information content (AvgIpc) is 2.50. The maximum atomic E-state index is 10.7. The molecule has 0 saturated heterocycles. The maximum absolute atomic E-state index is 10.7. The summed E-state index contributed by atoms with van der Waals surface area (Å²) in [5.74, 6) is 0. The quantitative estimate of drug-likeness (QED) is 0.569. The van der Waals surface area contributed by atoms with Crippen LogP contribution in [0.3, 0.4) is 0 Å². The predicted molar refractivity (Wildman–Crippen MR) is 59.4 cm³/mol. The van der Waals surface area contributed by atoms with Gasteiger partial charge in [0.25, 0.3) is 0 Å². The van der Waals surface area contributed by atoms with Gasteiger partial charge in [0.2, 0.25) is 6.41 Å². The fourth-order valence-corrected chi connectivity index (χ4v) is 1.96. The van der Waals surface area contributed by atoms with E-state index in [1.807, 2.05) is 11.0 Å². The van der Waals surface area contributed by atoms with E-state index >= 15 is 0 Å². The van der Waals surface area contributed by atoms with E-state index in [9.17, 15) is 4.79 Å². The lowest BCUT2D eigenvalue weighted by Gasteiger charge is -2.12. The van der Waals surface area contributed by atoms with Gasteiger partial charge in [-0.25, -0.2) is 0 Å². The highest BCUT2D eigenvalue weighted by atomic mass is 16.1. The second-order valence-electron chi connectivity index (χ2n) is 3.81. The van der Waals surface area contributed by atoms with Gasteiger partial charge in [0.05, 0.1) is 0 Å². The van der Waals surface area contributed by atoms with Crippen molar-refractivity contribution in [2.75, 3.05) is 13.1 Å². The van der Waals surface area contributed by atoms with Crippen LogP contribution < -0.4 is 0 Å². The van der Waals surface area contributed by atoms with E-state index < -0.39 is 0 Å². The first-order valence-corrected chi connectivity index (χ1v) is 5.15. The summed E-state index contributed by atoms with van der Waals surface area (Å²) in [5.41, 5.74) is 3.53. The predicted octanol–water partition coefficient (Wildman–Crippen LogP) is 1.24. The zero-order chi connectivity index (χ0) is 10.7. The third-order valence-electron chi connectivity index (χ3n) is 2.88. The molecule has 78 valence electrons. The minimum absolute atomic E-state index is 0.790. The van der Waals surface area contributed by atoms with Crippen LogP contribution in [0.4, 0.5) is 0 Å². The second kappa shape index (κ2) is 4.26. The number of hydrogen-bond acceptors (Lipinski definition) is 2. The Morgan fingerprint density at radius 3 is 2.60 bits per heavy atom. The smallest absolute Gasteiger partial charge is 0.209 e. The molecule has 1 heterocycles. The summed E-state index contributed by atoms with van der Waals surface area (Å²) < 4.78 is 0. The summed E-state index contributed by atoms with van der Waals surface area (Å²) in [4.78, 5) is 12.5. The van der Waals surface area contributed by atoms with Crippen molar-refractivity contribution in [1.29, 1.82) is 5.41 Å².